The second kappa shape index (κ2) is 9.19. The number of benzene rings is 2. The Bertz CT molecular complexity index is 1100. The quantitative estimate of drug-likeness (QED) is 0.457. The zero-order chi connectivity index (χ0) is 21.0. The second-order valence-electron chi connectivity index (χ2n) is 6.66. The highest BCUT2D eigenvalue weighted by atomic mass is 32.2. The predicted octanol–water partition coefficient (Wildman–Crippen LogP) is 3.35. The highest BCUT2D eigenvalue weighted by Gasteiger charge is 2.20. The number of aromatic nitrogens is 2. The molecule has 0 saturated carbocycles. The van der Waals surface area contributed by atoms with Crippen LogP contribution in [0.25, 0.3) is 10.9 Å². The number of hydrogen-bond donors (Lipinski definition) is 2. The number of nitrogens with zero attached hydrogens (tertiary/aromatic N) is 2. The maximum Gasteiger partial charge on any atom is 0.262 e. The molecular weight excluding hydrogens is 393 g/mol. The lowest BCUT2D eigenvalue weighted by Crippen LogP contribution is -2.27. The van der Waals surface area contributed by atoms with E-state index >= 15 is 0 Å². The first-order valence-electron chi connectivity index (χ1n) is 9.25. The van der Waals surface area contributed by atoms with Crippen LogP contribution in [0.1, 0.15) is 18.9 Å². The van der Waals surface area contributed by atoms with Crippen molar-refractivity contribution in [2.75, 3.05) is 11.9 Å². The van der Waals surface area contributed by atoms with E-state index in [0.29, 0.717) is 40.3 Å². The number of anilines is 1. The number of rotatable bonds is 7. The molecule has 1 aromatic heterocycles. The molecule has 0 aliphatic heterocycles. The Kier molecular flexibility index (Phi) is 6.66. The van der Waals surface area contributed by atoms with Crippen molar-refractivity contribution in [1.82, 2.24) is 9.55 Å². The van der Waals surface area contributed by atoms with Crippen molar-refractivity contribution in [2.24, 2.45) is 0 Å². The van der Waals surface area contributed by atoms with Crippen LogP contribution in [-0.2, 0) is 11.3 Å². The number of carbonyl (C=O) groups is 1. The molecule has 8 heteroatoms. The molecule has 2 aromatic carbocycles. The third-order valence-electron chi connectivity index (χ3n) is 4.46. The molecule has 2 N–H and O–H groups in total. The van der Waals surface area contributed by atoms with Gasteiger partial charge >= 0.3 is 0 Å². The Morgan fingerprint density at radius 3 is 2.79 bits per heavy atom. The molecule has 0 radical (unpaired) electrons. The van der Waals surface area contributed by atoms with Gasteiger partial charge in [-0.3, -0.25) is 14.2 Å². The van der Waals surface area contributed by atoms with Crippen LogP contribution in [0.15, 0.2) is 52.4 Å². The van der Waals surface area contributed by atoms with Gasteiger partial charge in [-0.15, -0.1) is 0 Å². The van der Waals surface area contributed by atoms with E-state index < -0.39 is 11.1 Å². The van der Waals surface area contributed by atoms with Gasteiger partial charge in [0.2, 0.25) is 5.91 Å². The number of aliphatic hydroxyl groups is 1. The van der Waals surface area contributed by atoms with Crippen LogP contribution in [0.3, 0.4) is 0 Å². The molecule has 1 heterocycles. The summed E-state index contributed by atoms with van der Waals surface area (Å²) in [6, 6.07) is 11.5. The fourth-order valence-electron chi connectivity index (χ4n) is 2.79. The third kappa shape index (κ3) is 4.83. The van der Waals surface area contributed by atoms with Gasteiger partial charge in [0.25, 0.3) is 5.56 Å². The van der Waals surface area contributed by atoms with E-state index in [2.05, 4.69) is 10.3 Å². The summed E-state index contributed by atoms with van der Waals surface area (Å²) in [5.74, 6) is -0.716. The van der Waals surface area contributed by atoms with Gasteiger partial charge in [0, 0.05) is 18.8 Å². The monoisotopic (exact) mass is 415 g/mol. The number of nitrogens with one attached hydrogen (secondary N) is 1. The Labute approximate surface area is 171 Å². The summed E-state index contributed by atoms with van der Waals surface area (Å²) in [5, 5.41) is 12.2. The lowest BCUT2D eigenvalue weighted by atomic mass is 10.2. The van der Waals surface area contributed by atoms with Gasteiger partial charge in [-0.1, -0.05) is 30.0 Å². The highest BCUT2D eigenvalue weighted by Crippen LogP contribution is 2.24. The minimum atomic E-state index is -0.576. The number of carbonyl (C=O) groups excluding carboxylic acids is 1. The van der Waals surface area contributed by atoms with Crippen LogP contribution >= 0.6 is 11.8 Å². The van der Waals surface area contributed by atoms with Gasteiger partial charge in [0.05, 0.1) is 16.2 Å². The zero-order valence-electron chi connectivity index (χ0n) is 16.2. The normalized spacial score (nSPS) is 12.1. The van der Waals surface area contributed by atoms with Crippen LogP contribution < -0.4 is 10.9 Å². The maximum absolute atomic E-state index is 13.7. The Balaban J connectivity index is 1.86. The zero-order valence-corrected chi connectivity index (χ0v) is 17.0. The van der Waals surface area contributed by atoms with Gasteiger partial charge in [0.15, 0.2) is 5.16 Å². The molecule has 0 aliphatic rings. The topological polar surface area (TPSA) is 84.2 Å². The average Bonchev–Trinajstić information content (AvgIpc) is 2.70. The number of aliphatic hydroxyl groups excluding tert-OH is 1. The molecule has 0 saturated heterocycles. The summed E-state index contributed by atoms with van der Waals surface area (Å²) < 4.78 is 15.2. The molecule has 3 aromatic rings. The summed E-state index contributed by atoms with van der Waals surface area (Å²) in [4.78, 5) is 30.0. The smallest absolute Gasteiger partial charge is 0.262 e. The molecule has 1 atom stereocenters. The first-order valence-corrected chi connectivity index (χ1v) is 10.1. The van der Waals surface area contributed by atoms with Crippen molar-refractivity contribution in [3.63, 3.8) is 0 Å². The van der Waals surface area contributed by atoms with E-state index in [1.807, 2.05) is 0 Å². The molecular formula is C21H22FN3O3S. The van der Waals surface area contributed by atoms with Gasteiger partial charge < -0.3 is 10.4 Å². The van der Waals surface area contributed by atoms with E-state index in [1.54, 1.807) is 50.2 Å². The first kappa shape index (κ1) is 21.0. The van der Waals surface area contributed by atoms with Crippen LogP contribution in [0.4, 0.5) is 10.1 Å². The van der Waals surface area contributed by atoms with E-state index in [4.69, 9.17) is 5.11 Å². The number of aryl methyl sites for hydroxylation is 1. The predicted molar refractivity (Wildman–Crippen MR) is 113 cm³/mol. The summed E-state index contributed by atoms with van der Waals surface area (Å²) >= 11 is 1.15. The lowest BCUT2D eigenvalue weighted by molar-refractivity contribution is -0.115. The van der Waals surface area contributed by atoms with Crippen LogP contribution in [0, 0.1) is 12.7 Å². The molecule has 0 fully saturated rings. The van der Waals surface area contributed by atoms with Crippen molar-refractivity contribution >= 4 is 34.3 Å². The summed E-state index contributed by atoms with van der Waals surface area (Å²) in [6.45, 7) is 3.59. The molecule has 0 unspecified atom stereocenters. The standard InChI is InChI=1S/C21H22FN3O3S/c1-13-8-9-15(12-17(13)22)23-19(27)14(2)29-21-24-18-7-4-3-6-16(18)20(28)25(21)10-5-11-26/h3-4,6-9,12,14,26H,5,10-11H2,1-2H3,(H,23,27)/t14-/m0/s1. The second-order valence-corrected chi connectivity index (χ2v) is 7.97. The summed E-state index contributed by atoms with van der Waals surface area (Å²) in [7, 11) is 0. The summed E-state index contributed by atoms with van der Waals surface area (Å²) in [6.07, 6.45) is 0.400. The number of fused-ring (bicyclic) bond motifs is 1. The maximum atomic E-state index is 13.7. The van der Waals surface area contributed by atoms with E-state index in [1.165, 1.54) is 10.6 Å². The van der Waals surface area contributed by atoms with Crippen LogP contribution in [0.5, 0.6) is 0 Å². The fraction of sp³-hybridized carbons (Fsp3) is 0.286. The van der Waals surface area contributed by atoms with Gasteiger partial charge in [0.1, 0.15) is 5.82 Å². The molecule has 3 rings (SSSR count). The number of thioether (sulfide) groups is 1. The molecule has 0 bridgehead atoms. The van der Waals surface area contributed by atoms with Crippen molar-refractivity contribution in [3.05, 3.63) is 64.2 Å². The average molecular weight is 415 g/mol. The lowest BCUT2D eigenvalue weighted by Gasteiger charge is -2.16. The third-order valence-corrected chi connectivity index (χ3v) is 5.55. The van der Waals surface area contributed by atoms with Crippen molar-refractivity contribution < 1.29 is 14.3 Å². The molecule has 1 amide bonds. The van der Waals surface area contributed by atoms with Crippen molar-refractivity contribution in [2.45, 2.75) is 37.2 Å². The van der Waals surface area contributed by atoms with Crippen LogP contribution in [0.2, 0.25) is 0 Å². The van der Waals surface area contributed by atoms with Gasteiger partial charge in [-0.2, -0.15) is 0 Å². The molecule has 0 spiro atoms. The summed E-state index contributed by atoms with van der Waals surface area (Å²) in [5.41, 5.74) is 1.21. The fourth-order valence-corrected chi connectivity index (χ4v) is 3.72. The van der Waals surface area contributed by atoms with Crippen LogP contribution in [-0.4, -0.2) is 32.4 Å². The Hall–Kier alpha value is -2.71. The number of hydrogen-bond acceptors (Lipinski definition) is 5. The minimum Gasteiger partial charge on any atom is -0.396 e. The minimum absolute atomic E-state index is 0.0571. The highest BCUT2D eigenvalue weighted by molar-refractivity contribution is 8.00. The van der Waals surface area contributed by atoms with Crippen molar-refractivity contribution in [3.8, 4) is 0 Å². The van der Waals surface area contributed by atoms with E-state index in [9.17, 15) is 14.0 Å². The van der Waals surface area contributed by atoms with E-state index in [-0.39, 0.29) is 18.1 Å². The molecule has 0 aliphatic carbocycles. The van der Waals surface area contributed by atoms with Crippen molar-refractivity contribution in [1.29, 1.82) is 0 Å². The largest absolute Gasteiger partial charge is 0.396 e. The molecule has 152 valence electrons. The Morgan fingerprint density at radius 1 is 1.31 bits per heavy atom. The van der Waals surface area contributed by atoms with Gasteiger partial charge in [-0.25, -0.2) is 9.37 Å². The Morgan fingerprint density at radius 2 is 2.07 bits per heavy atom. The first-order chi connectivity index (χ1) is 13.9. The molecule has 29 heavy (non-hydrogen) atoms. The number of para-hydroxylation sites is 1. The SMILES string of the molecule is Cc1ccc(NC(=O)[C@H](C)Sc2nc3ccccc3c(=O)n2CCCO)cc1F. The van der Waals surface area contributed by atoms with E-state index in [0.717, 1.165) is 11.8 Å². The molecule has 6 nitrogen and oxygen atoms in total. The van der Waals surface area contributed by atoms with Gasteiger partial charge in [-0.05, 0) is 50.1 Å². The number of amides is 1. The number of halogens is 1.